The Morgan fingerprint density at radius 2 is 0.556 bits per heavy atom. The van der Waals surface area contributed by atoms with Gasteiger partial charge < -0.3 is 0 Å². The predicted molar refractivity (Wildman–Crippen MR) is 109 cm³/mol. The molecule has 2 aliphatic carbocycles. The van der Waals surface area contributed by atoms with Crippen LogP contribution in [0.3, 0.4) is 0 Å². The van der Waals surface area contributed by atoms with E-state index in [1.54, 1.807) is 0 Å². The van der Waals surface area contributed by atoms with Gasteiger partial charge in [-0.2, -0.15) is 0 Å². The summed E-state index contributed by atoms with van der Waals surface area (Å²) in [5.41, 5.74) is 11.5. The third-order valence-corrected chi connectivity index (χ3v) is 5.41. The zero-order valence-corrected chi connectivity index (χ0v) is 16.7. The third-order valence-electron chi connectivity index (χ3n) is 5.41. The minimum absolute atomic E-state index is 0. The average Bonchev–Trinajstić information content (AvgIpc) is 3.27. The van der Waals surface area contributed by atoms with Gasteiger partial charge >= 0.3 is 0 Å². The predicted octanol–water partition coefficient (Wildman–Crippen LogP) is 6.51. The Hall–Kier alpha value is -2.50. The molecule has 1 heteroatoms. The van der Waals surface area contributed by atoms with Crippen LogP contribution >= 0.6 is 0 Å². The van der Waals surface area contributed by atoms with Crippen molar-refractivity contribution >= 4 is 0 Å². The van der Waals surface area contributed by atoms with Crippen molar-refractivity contribution in [3.63, 3.8) is 0 Å². The monoisotopic (exact) mass is 434 g/mol. The van der Waals surface area contributed by atoms with Crippen LogP contribution in [0.15, 0.2) is 97.1 Å². The molecule has 0 N–H and O–H groups in total. The topological polar surface area (TPSA) is 0 Å². The van der Waals surface area contributed by atoms with E-state index in [0.29, 0.717) is 0 Å². The molecule has 0 atom stereocenters. The Labute approximate surface area is 173 Å². The van der Waals surface area contributed by atoms with Gasteiger partial charge in [-0.1, -0.05) is 97.1 Å². The first kappa shape index (κ1) is 17.9. The van der Waals surface area contributed by atoms with E-state index in [1.807, 2.05) is 0 Å². The molecule has 4 aromatic carbocycles. The normalized spacial score (nSPS) is 11.9. The molecule has 132 valence electrons. The van der Waals surface area contributed by atoms with Crippen LogP contribution in [0.2, 0.25) is 0 Å². The summed E-state index contributed by atoms with van der Waals surface area (Å²) in [6, 6.07) is 34.6. The smallest absolute Gasteiger partial charge is 0 e. The first-order valence-electron chi connectivity index (χ1n) is 9.22. The number of fused-ring (bicyclic) bond motifs is 6. The number of rotatable bonds is 0. The molecule has 27 heavy (non-hydrogen) atoms. The van der Waals surface area contributed by atoms with Crippen LogP contribution in [0.25, 0.3) is 22.3 Å². The van der Waals surface area contributed by atoms with E-state index in [0.717, 1.165) is 12.8 Å². The molecule has 0 saturated carbocycles. The fraction of sp³-hybridized carbons (Fsp3) is 0.0769. The average molecular weight is 434 g/mol. The van der Waals surface area contributed by atoms with Gasteiger partial charge in [0.25, 0.3) is 0 Å². The fourth-order valence-electron chi connectivity index (χ4n) is 4.16. The summed E-state index contributed by atoms with van der Waals surface area (Å²) in [4.78, 5) is 0. The zero-order valence-electron chi connectivity index (χ0n) is 15.0. The summed E-state index contributed by atoms with van der Waals surface area (Å²) in [5, 5.41) is 0. The van der Waals surface area contributed by atoms with Crippen LogP contribution < -0.4 is 0 Å². The molecule has 0 aliphatic heterocycles. The molecular formula is C26H20Ru. The van der Waals surface area contributed by atoms with Crippen molar-refractivity contribution in [2.45, 2.75) is 12.8 Å². The maximum absolute atomic E-state index is 2.22. The van der Waals surface area contributed by atoms with E-state index in [2.05, 4.69) is 97.1 Å². The van der Waals surface area contributed by atoms with Crippen molar-refractivity contribution in [3.05, 3.63) is 119 Å². The third kappa shape index (κ3) is 3.29. The van der Waals surface area contributed by atoms with Gasteiger partial charge in [-0.05, 0) is 57.3 Å². The molecule has 0 saturated heterocycles. The van der Waals surface area contributed by atoms with Crippen LogP contribution in [-0.4, -0.2) is 0 Å². The van der Waals surface area contributed by atoms with Gasteiger partial charge in [0.15, 0.2) is 0 Å². The summed E-state index contributed by atoms with van der Waals surface area (Å²) in [7, 11) is 0. The fourth-order valence-corrected chi connectivity index (χ4v) is 4.16. The summed E-state index contributed by atoms with van der Waals surface area (Å²) in [6.45, 7) is 0. The quantitative estimate of drug-likeness (QED) is 0.240. The second-order valence-corrected chi connectivity index (χ2v) is 6.98. The summed E-state index contributed by atoms with van der Waals surface area (Å²) in [5.74, 6) is 0. The minimum atomic E-state index is 0. The van der Waals surface area contributed by atoms with Gasteiger partial charge in [-0.3, -0.25) is 0 Å². The summed E-state index contributed by atoms with van der Waals surface area (Å²) in [6.07, 6.45) is 2.21. The van der Waals surface area contributed by atoms with E-state index in [1.165, 1.54) is 44.5 Å². The second-order valence-electron chi connectivity index (χ2n) is 6.98. The van der Waals surface area contributed by atoms with Crippen molar-refractivity contribution in [2.24, 2.45) is 0 Å². The Morgan fingerprint density at radius 1 is 0.333 bits per heavy atom. The van der Waals surface area contributed by atoms with Crippen LogP contribution in [0.4, 0.5) is 0 Å². The van der Waals surface area contributed by atoms with Crippen molar-refractivity contribution in [3.8, 4) is 22.3 Å². The number of benzene rings is 4. The molecular weight excluding hydrogens is 413 g/mol. The molecule has 0 bridgehead atoms. The molecule has 0 spiro atoms. The van der Waals surface area contributed by atoms with Gasteiger partial charge in [0, 0.05) is 19.5 Å². The van der Waals surface area contributed by atoms with E-state index < -0.39 is 0 Å². The van der Waals surface area contributed by atoms with Gasteiger partial charge in [0.2, 0.25) is 0 Å². The summed E-state index contributed by atoms with van der Waals surface area (Å²) >= 11 is 0. The van der Waals surface area contributed by atoms with Crippen molar-refractivity contribution in [1.82, 2.24) is 0 Å². The first-order valence-corrected chi connectivity index (χ1v) is 9.22. The molecule has 2 aliphatic rings. The molecule has 0 nitrogen and oxygen atoms in total. The van der Waals surface area contributed by atoms with Crippen molar-refractivity contribution in [2.75, 3.05) is 0 Å². The SMILES string of the molecule is [Ru].c1ccc2c(c1)Cc1ccccc1-2.c1ccc2c(c1)Cc1ccccc1-2. The first-order chi connectivity index (χ1) is 12.9. The van der Waals surface area contributed by atoms with Gasteiger partial charge in [0.05, 0.1) is 0 Å². The van der Waals surface area contributed by atoms with Gasteiger partial charge in [-0.15, -0.1) is 0 Å². The second kappa shape index (κ2) is 7.63. The largest absolute Gasteiger partial charge is 0.0619 e. The van der Waals surface area contributed by atoms with E-state index in [4.69, 9.17) is 0 Å². The Morgan fingerprint density at radius 3 is 0.815 bits per heavy atom. The van der Waals surface area contributed by atoms with Crippen LogP contribution in [0, 0.1) is 0 Å². The maximum atomic E-state index is 2.22. The molecule has 4 aromatic rings. The molecule has 0 fully saturated rings. The van der Waals surface area contributed by atoms with Gasteiger partial charge in [-0.25, -0.2) is 0 Å². The standard InChI is InChI=1S/2C13H10.Ru/c2*1-3-7-12-10(5-1)9-11-6-2-4-8-13(11)12;/h2*1-8H,9H2;. The van der Waals surface area contributed by atoms with Crippen LogP contribution in [0.1, 0.15) is 22.3 Å². The maximum Gasteiger partial charge on any atom is 0 e. The summed E-state index contributed by atoms with van der Waals surface area (Å²) < 4.78 is 0. The molecule has 0 aromatic heterocycles. The molecule has 0 radical (unpaired) electrons. The number of hydrogen-bond donors (Lipinski definition) is 0. The minimum Gasteiger partial charge on any atom is -0.0619 e. The van der Waals surface area contributed by atoms with E-state index >= 15 is 0 Å². The van der Waals surface area contributed by atoms with Crippen LogP contribution in [0.5, 0.6) is 0 Å². The Balaban J connectivity index is 0.000000129. The Bertz CT molecular complexity index is 918. The van der Waals surface area contributed by atoms with Crippen molar-refractivity contribution < 1.29 is 19.5 Å². The van der Waals surface area contributed by atoms with E-state index in [-0.39, 0.29) is 19.5 Å². The molecule has 6 rings (SSSR count). The molecule has 0 heterocycles. The molecule has 0 amide bonds. The molecule has 0 unspecified atom stereocenters. The van der Waals surface area contributed by atoms with Crippen molar-refractivity contribution in [1.29, 1.82) is 0 Å². The van der Waals surface area contributed by atoms with Crippen LogP contribution in [-0.2, 0) is 32.3 Å². The zero-order chi connectivity index (χ0) is 17.3. The van der Waals surface area contributed by atoms with Gasteiger partial charge in [0.1, 0.15) is 0 Å². The number of hydrogen-bond acceptors (Lipinski definition) is 0. The Kier molecular flexibility index (Phi) is 5.05. The van der Waals surface area contributed by atoms with E-state index in [9.17, 15) is 0 Å².